The summed E-state index contributed by atoms with van der Waals surface area (Å²) < 4.78 is 1.70. The van der Waals surface area contributed by atoms with Crippen LogP contribution < -0.4 is 0 Å². The number of hydrogen-bond acceptors (Lipinski definition) is 6. The van der Waals surface area contributed by atoms with Crippen molar-refractivity contribution in [2.24, 2.45) is 13.0 Å². The number of hydrogen-bond donors (Lipinski definition) is 1. The quantitative estimate of drug-likeness (QED) is 0.880. The monoisotopic (exact) mass is 342 g/mol. The number of carboxylic acids is 1. The van der Waals surface area contributed by atoms with Crippen LogP contribution in [0.15, 0.2) is 6.20 Å². The van der Waals surface area contributed by atoms with Crippen molar-refractivity contribution in [2.45, 2.75) is 18.4 Å². The summed E-state index contributed by atoms with van der Waals surface area (Å²) in [7, 11) is 1.86. The molecule has 0 unspecified atom stereocenters. The molecule has 8 heteroatoms. The number of aromatic nitrogens is 3. The molecule has 2 fully saturated rings. The fraction of sp³-hybridized carbons (Fsp3) is 0.786. The number of rotatable bonds is 4. The third kappa shape index (κ3) is 3.78. The highest BCUT2D eigenvalue weighted by Crippen LogP contribution is 2.36. The Morgan fingerprint density at radius 1 is 1.36 bits per heavy atom. The van der Waals surface area contributed by atoms with Crippen LogP contribution in [0.1, 0.15) is 18.0 Å². The van der Waals surface area contributed by atoms with Crippen molar-refractivity contribution in [3.63, 3.8) is 0 Å². The predicted octanol–water partition coefficient (Wildman–Crippen LogP) is 1.15. The second-order valence-corrected chi connectivity index (χ2v) is 8.34. The number of carboxylic acid groups (broad SMARTS) is 1. The summed E-state index contributed by atoms with van der Waals surface area (Å²) >= 11 is 4.03. The van der Waals surface area contributed by atoms with E-state index in [1.54, 1.807) is 4.68 Å². The van der Waals surface area contributed by atoms with Crippen molar-refractivity contribution < 1.29 is 9.90 Å². The van der Waals surface area contributed by atoms with Gasteiger partial charge in [-0.1, -0.05) is 5.21 Å². The molecule has 2 atom stereocenters. The Bertz CT molecular complexity index is 517. The SMILES string of the molecule is Cn1cc([C@@H]2CN(C3CSCCSC3)C[C@@H]2CC(=O)O)nn1. The smallest absolute Gasteiger partial charge is 0.303 e. The van der Waals surface area contributed by atoms with Crippen LogP contribution in [0.5, 0.6) is 0 Å². The summed E-state index contributed by atoms with van der Waals surface area (Å²) in [5.74, 6) is 4.35. The molecule has 3 rings (SSSR count). The maximum absolute atomic E-state index is 11.2. The molecule has 122 valence electrons. The van der Waals surface area contributed by atoms with E-state index in [1.165, 1.54) is 11.5 Å². The van der Waals surface area contributed by atoms with E-state index < -0.39 is 5.97 Å². The highest BCUT2D eigenvalue weighted by atomic mass is 32.2. The van der Waals surface area contributed by atoms with Crippen LogP contribution >= 0.6 is 23.5 Å². The first-order valence-corrected chi connectivity index (χ1v) is 9.92. The fourth-order valence-corrected chi connectivity index (χ4v) is 5.95. The number of aliphatic carboxylic acids is 1. The molecule has 0 bridgehead atoms. The third-order valence-electron chi connectivity index (χ3n) is 4.42. The Morgan fingerprint density at radius 2 is 2.09 bits per heavy atom. The number of carbonyl (C=O) groups is 1. The van der Waals surface area contributed by atoms with Crippen LogP contribution in [-0.4, -0.2) is 73.1 Å². The van der Waals surface area contributed by atoms with Crippen molar-refractivity contribution in [1.82, 2.24) is 19.9 Å². The number of nitrogens with zero attached hydrogens (tertiary/aromatic N) is 4. The second-order valence-electron chi connectivity index (χ2n) is 6.04. The lowest BCUT2D eigenvalue weighted by molar-refractivity contribution is -0.138. The van der Waals surface area contributed by atoms with Gasteiger partial charge in [0.2, 0.25) is 0 Å². The van der Waals surface area contributed by atoms with E-state index in [2.05, 4.69) is 15.2 Å². The fourth-order valence-electron chi connectivity index (χ4n) is 3.32. The Kier molecular flexibility index (Phi) is 5.30. The molecular weight excluding hydrogens is 320 g/mol. The largest absolute Gasteiger partial charge is 0.481 e. The van der Waals surface area contributed by atoms with Gasteiger partial charge in [-0.05, 0) is 5.92 Å². The molecule has 22 heavy (non-hydrogen) atoms. The lowest BCUT2D eigenvalue weighted by Gasteiger charge is -2.26. The summed E-state index contributed by atoms with van der Waals surface area (Å²) in [5.41, 5.74) is 0.935. The average molecular weight is 342 g/mol. The van der Waals surface area contributed by atoms with Crippen molar-refractivity contribution in [2.75, 3.05) is 36.1 Å². The minimum atomic E-state index is -0.717. The van der Waals surface area contributed by atoms with Crippen LogP contribution in [0, 0.1) is 5.92 Å². The molecule has 1 aromatic rings. The zero-order valence-electron chi connectivity index (χ0n) is 12.7. The van der Waals surface area contributed by atoms with Gasteiger partial charge in [-0.2, -0.15) is 23.5 Å². The lowest BCUT2D eigenvalue weighted by atomic mass is 9.91. The Labute approximate surface area is 139 Å². The van der Waals surface area contributed by atoms with E-state index in [-0.39, 0.29) is 18.3 Å². The first-order valence-electron chi connectivity index (χ1n) is 7.61. The van der Waals surface area contributed by atoms with Crippen LogP contribution in [0.4, 0.5) is 0 Å². The maximum atomic E-state index is 11.2. The van der Waals surface area contributed by atoms with Crippen molar-refractivity contribution in [1.29, 1.82) is 0 Å². The molecule has 2 saturated heterocycles. The zero-order valence-corrected chi connectivity index (χ0v) is 14.4. The summed E-state index contributed by atoms with van der Waals surface area (Å²) in [6, 6.07) is 0.551. The van der Waals surface area contributed by atoms with Crippen LogP contribution in [-0.2, 0) is 11.8 Å². The first-order chi connectivity index (χ1) is 10.6. The first kappa shape index (κ1) is 16.1. The van der Waals surface area contributed by atoms with Gasteiger partial charge in [-0.3, -0.25) is 14.4 Å². The molecule has 3 heterocycles. The van der Waals surface area contributed by atoms with Gasteiger partial charge in [-0.25, -0.2) is 0 Å². The molecule has 6 nitrogen and oxygen atoms in total. The molecule has 0 radical (unpaired) electrons. The molecule has 0 aromatic carbocycles. The summed E-state index contributed by atoms with van der Waals surface area (Å²) in [6.07, 6.45) is 2.14. The number of thioether (sulfide) groups is 2. The van der Waals surface area contributed by atoms with E-state index in [1.807, 2.05) is 36.8 Å². The third-order valence-corrected chi connectivity index (χ3v) is 6.90. The summed E-state index contributed by atoms with van der Waals surface area (Å²) in [6.45, 7) is 1.77. The molecular formula is C14H22N4O2S2. The van der Waals surface area contributed by atoms with E-state index >= 15 is 0 Å². The maximum Gasteiger partial charge on any atom is 0.303 e. The Balaban J connectivity index is 1.73. The number of likely N-dealkylation sites (tertiary alicyclic amines) is 1. The van der Waals surface area contributed by atoms with E-state index in [0.717, 1.165) is 30.3 Å². The van der Waals surface area contributed by atoms with Gasteiger partial charge in [0, 0.05) is 61.3 Å². The molecule has 1 N–H and O–H groups in total. The predicted molar refractivity (Wildman–Crippen MR) is 89.5 cm³/mol. The molecule has 0 saturated carbocycles. The van der Waals surface area contributed by atoms with Gasteiger partial charge in [0.15, 0.2) is 0 Å². The minimum absolute atomic E-state index is 0.132. The molecule has 2 aliphatic heterocycles. The van der Waals surface area contributed by atoms with Gasteiger partial charge < -0.3 is 5.11 Å². The van der Waals surface area contributed by atoms with Gasteiger partial charge in [0.1, 0.15) is 0 Å². The highest BCUT2D eigenvalue weighted by Gasteiger charge is 2.39. The zero-order chi connectivity index (χ0) is 15.5. The average Bonchev–Trinajstić information content (AvgIpc) is 2.96. The van der Waals surface area contributed by atoms with E-state index in [9.17, 15) is 9.90 Å². The van der Waals surface area contributed by atoms with Gasteiger partial charge in [0.05, 0.1) is 12.1 Å². The number of aryl methyl sites for hydroxylation is 1. The second kappa shape index (κ2) is 7.23. The van der Waals surface area contributed by atoms with Crippen molar-refractivity contribution in [3.05, 3.63) is 11.9 Å². The van der Waals surface area contributed by atoms with E-state index in [0.29, 0.717) is 6.04 Å². The van der Waals surface area contributed by atoms with Gasteiger partial charge in [0.25, 0.3) is 0 Å². The van der Waals surface area contributed by atoms with Crippen molar-refractivity contribution >= 4 is 29.5 Å². The minimum Gasteiger partial charge on any atom is -0.481 e. The molecule has 0 amide bonds. The molecule has 2 aliphatic rings. The Morgan fingerprint density at radius 3 is 2.68 bits per heavy atom. The Hall–Kier alpha value is -0.730. The lowest BCUT2D eigenvalue weighted by Crippen LogP contribution is -2.37. The molecule has 0 spiro atoms. The standard InChI is InChI=1S/C14H22N4O2S2/c1-17-7-13(15-16-17)12-6-18(5-10(12)4-14(19)20)11-8-21-2-3-22-9-11/h7,10-12H,2-6,8-9H2,1H3,(H,19,20)/t10-,12+/m0/s1. The van der Waals surface area contributed by atoms with Crippen LogP contribution in [0.25, 0.3) is 0 Å². The van der Waals surface area contributed by atoms with E-state index in [4.69, 9.17) is 0 Å². The molecule has 0 aliphatic carbocycles. The topological polar surface area (TPSA) is 71.2 Å². The summed E-state index contributed by atoms with van der Waals surface area (Å²) in [5, 5.41) is 17.5. The van der Waals surface area contributed by atoms with Gasteiger partial charge in [-0.15, -0.1) is 5.10 Å². The van der Waals surface area contributed by atoms with Crippen LogP contribution in [0.2, 0.25) is 0 Å². The van der Waals surface area contributed by atoms with Gasteiger partial charge >= 0.3 is 5.97 Å². The van der Waals surface area contributed by atoms with Crippen LogP contribution in [0.3, 0.4) is 0 Å². The molecule has 1 aromatic heterocycles. The normalized spacial score (nSPS) is 27.9. The van der Waals surface area contributed by atoms with Crippen molar-refractivity contribution in [3.8, 4) is 0 Å². The highest BCUT2D eigenvalue weighted by molar-refractivity contribution is 8.03. The summed E-state index contributed by atoms with van der Waals surface area (Å²) in [4.78, 5) is 13.7.